The number of hydrogen-bond donors (Lipinski definition) is 3. The Hall–Kier alpha value is -2.95. The van der Waals surface area contributed by atoms with E-state index in [1.165, 1.54) is 11.8 Å². The van der Waals surface area contributed by atoms with Crippen molar-refractivity contribution in [1.29, 1.82) is 0 Å². The number of nitrogens with one attached hydrogen (secondary N) is 3. The summed E-state index contributed by atoms with van der Waals surface area (Å²) < 4.78 is 5.56. The zero-order valence-corrected chi connectivity index (χ0v) is 19.2. The molecule has 1 aromatic carbocycles. The summed E-state index contributed by atoms with van der Waals surface area (Å²) in [5.74, 6) is 1.04. The van der Waals surface area contributed by atoms with Crippen molar-refractivity contribution in [3.63, 3.8) is 0 Å². The maximum absolute atomic E-state index is 12.0. The van der Waals surface area contributed by atoms with Crippen molar-refractivity contribution < 1.29 is 9.21 Å². The van der Waals surface area contributed by atoms with Gasteiger partial charge in [0.05, 0.1) is 17.8 Å². The molecule has 3 rings (SSSR count). The van der Waals surface area contributed by atoms with Crippen LogP contribution < -0.4 is 16.0 Å². The molecule has 0 bridgehead atoms. The van der Waals surface area contributed by atoms with Crippen LogP contribution in [-0.4, -0.2) is 42.0 Å². The Balaban J connectivity index is 0.00000320. The van der Waals surface area contributed by atoms with Gasteiger partial charge in [0.1, 0.15) is 6.26 Å². The molecule has 1 amide bonds. The molecule has 9 heteroatoms. The summed E-state index contributed by atoms with van der Waals surface area (Å²) >= 11 is 0. The number of carbonyl (C=O) groups excluding carboxylic acids is 1. The van der Waals surface area contributed by atoms with E-state index in [0.717, 1.165) is 11.3 Å². The number of guanidine groups is 1. The van der Waals surface area contributed by atoms with Crippen molar-refractivity contribution in [3.8, 4) is 11.5 Å². The Kier molecular flexibility index (Phi) is 9.26. The minimum atomic E-state index is -0.158. The smallest absolute Gasteiger partial charge is 0.252 e. The molecule has 2 heterocycles. The molecular formula is C21H25IN6O2. The highest BCUT2D eigenvalue weighted by Gasteiger charge is 2.08. The minimum absolute atomic E-state index is 0. The molecule has 8 nitrogen and oxygen atoms in total. The molecule has 0 unspecified atom stereocenters. The van der Waals surface area contributed by atoms with E-state index in [9.17, 15) is 4.79 Å². The van der Waals surface area contributed by atoms with Gasteiger partial charge in [-0.05, 0) is 31.2 Å². The molecule has 0 aliphatic heterocycles. The fraction of sp³-hybridized carbons (Fsp3) is 0.238. The van der Waals surface area contributed by atoms with Crippen LogP contribution >= 0.6 is 24.0 Å². The van der Waals surface area contributed by atoms with Gasteiger partial charge in [0.15, 0.2) is 5.96 Å². The van der Waals surface area contributed by atoms with Crippen molar-refractivity contribution in [3.05, 3.63) is 71.9 Å². The molecular weight excluding hydrogens is 495 g/mol. The van der Waals surface area contributed by atoms with E-state index >= 15 is 0 Å². The second-order valence-corrected chi connectivity index (χ2v) is 6.36. The number of carbonyl (C=O) groups is 1. The van der Waals surface area contributed by atoms with Crippen LogP contribution in [0.1, 0.15) is 21.6 Å². The number of aliphatic imine (C=N–C) groups is 1. The molecule has 0 fully saturated rings. The Labute approximate surface area is 192 Å². The van der Waals surface area contributed by atoms with Crippen molar-refractivity contribution in [1.82, 2.24) is 25.9 Å². The lowest BCUT2D eigenvalue weighted by molar-refractivity contribution is 0.0954. The average Bonchev–Trinajstić information content (AvgIpc) is 3.23. The summed E-state index contributed by atoms with van der Waals surface area (Å²) in [7, 11) is 1.68. The van der Waals surface area contributed by atoms with Crippen molar-refractivity contribution >= 4 is 35.8 Å². The number of amides is 1. The third kappa shape index (κ3) is 6.83. The van der Waals surface area contributed by atoms with Crippen LogP contribution in [0.3, 0.4) is 0 Å². The highest BCUT2D eigenvalue weighted by atomic mass is 127. The second kappa shape index (κ2) is 11.9. The first kappa shape index (κ1) is 23.3. The van der Waals surface area contributed by atoms with Crippen LogP contribution in [0.15, 0.2) is 64.5 Å². The molecule has 0 saturated heterocycles. The van der Waals surface area contributed by atoms with E-state index in [1.807, 2.05) is 31.2 Å². The Morgan fingerprint density at radius 1 is 1.10 bits per heavy atom. The number of benzene rings is 1. The standard InChI is InChI=1S/C21H24N6O2.HI/c1-15-5-7-16(8-6-15)20-27-18(14-29-20)13-26-21(22-2)25-11-10-24-19(28)17-4-3-9-23-12-17;/h3-9,12,14H,10-11,13H2,1-2H3,(H,24,28)(H2,22,25,26);1H. The van der Waals surface area contributed by atoms with Crippen LogP contribution in [0.2, 0.25) is 0 Å². The first-order valence-electron chi connectivity index (χ1n) is 9.30. The molecule has 0 radical (unpaired) electrons. The predicted octanol–water partition coefficient (Wildman–Crippen LogP) is 2.76. The Morgan fingerprint density at radius 3 is 2.57 bits per heavy atom. The van der Waals surface area contributed by atoms with Crippen LogP contribution in [-0.2, 0) is 6.54 Å². The van der Waals surface area contributed by atoms with E-state index < -0.39 is 0 Å². The molecule has 0 aliphatic rings. The summed E-state index contributed by atoms with van der Waals surface area (Å²) in [6.07, 6.45) is 4.79. The molecule has 158 valence electrons. The highest BCUT2D eigenvalue weighted by molar-refractivity contribution is 14.0. The Morgan fingerprint density at radius 2 is 1.87 bits per heavy atom. The molecule has 2 aromatic heterocycles. The largest absolute Gasteiger partial charge is 0.444 e. The summed E-state index contributed by atoms with van der Waals surface area (Å²) in [5, 5.41) is 9.14. The number of halogens is 1. The third-order valence-corrected chi connectivity index (χ3v) is 4.14. The van der Waals surface area contributed by atoms with E-state index in [2.05, 4.69) is 30.9 Å². The topological polar surface area (TPSA) is 104 Å². The fourth-order valence-corrected chi connectivity index (χ4v) is 2.57. The van der Waals surface area contributed by atoms with E-state index in [1.54, 1.807) is 31.6 Å². The zero-order valence-electron chi connectivity index (χ0n) is 16.9. The van der Waals surface area contributed by atoms with Gasteiger partial charge >= 0.3 is 0 Å². The van der Waals surface area contributed by atoms with Gasteiger partial charge in [-0.1, -0.05) is 17.7 Å². The lowest BCUT2D eigenvalue weighted by Crippen LogP contribution is -2.41. The van der Waals surface area contributed by atoms with Gasteiger partial charge in [0.25, 0.3) is 5.91 Å². The van der Waals surface area contributed by atoms with Gasteiger partial charge < -0.3 is 20.4 Å². The van der Waals surface area contributed by atoms with E-state index in [4.69, 9.17) is 4.42 Å². The maximum Gasteiger partial charge on any atom is 0.252 e. The molecule has 3 N–H and O–H groups in total. The lowest BCUT2D eigenvalue weighted by atomic mass is 10.1. The number of pyridine rings is 1. The summed E-state index contributed by atoms with van der Waals surface area (Å²) in [6.45, 7) is 3.49. The molecule has 0 atom stereocenters. The second-order valence-electron chi connectivity index (χ2n) is 6.36. The first-order chi connectivity index (χ1) is 14.2. The molecule has 30 heavy (non-hydrogen) atoms. The highest BCUT2D eigenvalue weighted by Crippen LogP contribution is 2.18. The van der Waals surface area contributed by atoms with Crippen LogP contribution in [0.5, 0.6) is 0 Å². The average molecular weight is 520 g/mol. The summed E-state index contributed by atoms with van der Waals surface area (Å²) in [6, 6.07) is 11.5. The minimum Gasteiger partial charge on any atom is -0.444 e. The van der Waals surface area contributed by atoms with Gasteiger partial charge in [-0.15, -0.1) is 24.0 Å². The number of oxazole rings is 1. The van der Waals surface area contributed by atoms with Crippen LogP contribution in [0.4, 0.5) is 0 Å². The van der Waals surface area contributed by atoms with Gasteiger partial charge in [0.2, 0.25) is 5.89 Å². The normalized spacial score (nSPS) is 10.8. The molecule has 0 aliphatic carbocycles. The van der Waals surface area contributed by atoms with Crippen LogP contribution in [0.25, 0.3) is 11.5 Å². The van der Waals surface area contributed by atoms with Crippen molar-refractivity contribution in [2.75, 3.05) is 20.1 Å². The van der Waals surface area contributed by atoms with E-state index in [0.29, 0.717) is 37.0 Å². The Bertz CT molecular complexity index is 957. The first-order valence-corrected chi connectivity index (χ1v) is 9.30. The lowest BCUT2D eigenvalue weighted by Gasteiger charge is -2.11. The van der Waals surface area contributed by atoms with Crippen molar-refractivity contribution in [2.24, 2.45) is 4.99 Å². The number of rotatable bonds is 7. The predicted molar refractivity (Wildman–Crippen MR) is 127 cm³/mol. The van der Waals surface area contributed by atoms with Gasteiger partial charge in [0, 0.05) is 38.1 Å². The zero-order chi connectivity index (χ0) is 20.5. The molecule has 0 spiro atoms. The van der Waals surface area contributed by atoms with Crippen LogP contribution in [0, 0.1) is 6.92 Å². The number of aromatic nitrogens is 2. The summed E-state index contributed by atoms with van der Waals surface area (Å²) in [4.78, 5) is 24.6. The fourth-order valence-electron chi connectivity index (χ4n) is 2.57. The maximum atomic E-state index is 12.0. The quantitative estimate of drug-likeness (QED) is 0.192. The van der Waals surface area contributed by atoms with Gasteiger partial charge in [-0.2, -0.15) is 0 Å². The van der Waals surface area contributed by atoms with Gasteiger partial charge in [-0.25, -0.2) is 4.98 Å². The summed E-state index contributed by atoms with van der Waals surface area (Å²) in [5.41, 5.74) is 3.43. The third-order valence-electron chi connectivity index (χ3n) is 4.14. The molecule has 3 aromatic rings. The van der Waals surface area contributed by atoms with E-state index in [-0.39, 0.29) is 29.9 Å². The number of aryl methyl sites for hydroxylation is 1. The SMILES string of the molecule is CN=C(NCCNC(=O)c1cccnc1)NCc1coc(-c2ccc(C)cc2)n1.I. The monoisotopic (exact) mass is 520 g/mol. The molecule has 0 saturated carbocycles. The van der Waals surface area contributed by atoms with Gasteiger partial charge in [-0.3, -0.25) is 14.8 Å². The number of hydrogen-bond acceptors (Lipinski definition) is 5. The number of nitrogens with zero attached hydrogens (tertiary/aromatic N) is 3. The van der Waals surface area contributed by atoms with Crippen molar-refractivity contribution in [2.45, 2.75) is 13.5 Å².